The summed E-state index contributed by atoms with van der Waals surface area (Å²) in [5, 5.41) is 5.43. The Morgan fingerprint density at radius 1 is 1.12 bits per heavy atom. The van der Waals surface area contributed by atoms with E-state index in [0.29, 0.717) is 41.9 Å². The minimum atomic E-state index is -0.725. The van der Waals surface area contributed by atoms with Gasteiger partial charge in [0.2, 0.25) is 5.91 Å². The molecule has 4 aromatic rings. The number of hydrogen-bond acceptors (Lipinski definition) is 8. The molecular formula is C36H39ClFN7O5. The summed E-state index contributed by atoms with van der Waals surface area (Å²) < 4.78 is 27.6. The zero-order valence-corrected chi connectivity index (χ0v) is 29.5. The first-order valence-corrected chi connectivity index (χ1v) is 16.5. The summed E-state index contributed by atoms with van der Waals surface area (Å²) in [6, 6.07) is 11.8. The number of carbonyl (C=O) groups excluding carboxylic acids is 3. The van der Waals surface area contributed by atoms with Crippen LogP contribution < -0.4 is 20.3 Å². The van der Waals surface area contributed by atoms with Gasteiger partial charge in [0.15, 0.2) is 0 Å². The van der Waals surface area contributed by atoms with Gasteiger partial charge < -0.3 is 14.0 Å². The van der Waals surface area contributed by atoms with Crippen molar-refractivity contribution >= 4 is 41.1 Å². The Morgan fingerprint density at radius 2 is 1.90 bits per heavy atom. The molecule has 2 aliphatic heterocycles. The molecule has 0 bridgehead atoms. The van der Waals surface area contributed by atoms with Crippen molar-refractivity contribution in [2.24, 2.45) is 7.05 Å². The van der Waals surface area contributed by atoms with Crippen molar-refractivity contribution in [1.82, 2.24) is 24.8 Å². The fourth-order valence-corrected chi connectivity index (χ4v) is 6.38. The normalized spacial score (nSPS) is 15.9. The number of aromatic nitrogens is 3. The quantitative estimate of drug-likeness (QED) is 0.203. The summed E-state index contributed by atoms with van der Waals surface area (Å²) >= 11 is 6.19. The minimum Gasteiger partial charge on any atom is -0.487 e. The van der Waals surface area contributed by atoms with Gasteiger partial charge in [-0.2, -0.15) is 0 Å². The second-order valence-electron chi connectivity index (χ2n) is 13.8. The van der Waals surface area contributed by atoms with Gasteiger partial charge >= 0.3 is 12.1 Å². The molecule has 4 amide bonds. The third-order valence-corrected chi connectivity index (χ3v) is 9.19. The van der Waals surface area contributed by atoms with E-state index >= 15 is 0 Å². The molecule has 1 fully saturated rings. The first kappa shape index (κ1) is 34.8. The predicted molar refractivity (Wildman–Crippen MR) is 186 cm³/mol. The molecule has 0 radical (unpaired) electrons. The van der Waals surface area contributed by atoms with Crippen LogP contribution >= 0.6 is 11.6 Å². The van der Waals surface area contributed by atoms with Crippen LogP contribution in [0, 0.1) is 5.82 Å². The molecule has 50 heavy (non-hydrogen) atoms. The summed E-state index contributed by atoms with van der Waals surface area (Å²) in [4.78, 5) is 50.1. The monoisotopic (exact) mass is 703 g/mol. The van der Waals surface area contributed by atoms with E-state index in [1.807, 2.05) is 17.7 Å². The van der Waals surface area contributed by atoms with Gasteiger partial charge in [-0.3, -0.25) is 30.2 Å². The maximum Gasteiger partial charge on any atom is 0.412 e. The number of amides is 4. The zero-order chi connectivity index (χ0) is 36.0. The van der Waals surface area contributed by atoms with E-state index in [9.17, 15) is 18.8 Å². The first-order chi connectivity index (χ1) is 23.6. The molecule has 0 atom stereocenters. The lowest BCUT2D eigenvalue weighted by atomic mass is 9.92. The average molecular weight is 704 g/mol. The second-order valence-corrected chi connectivity index (χ2v) is 14.2. The molecule has 0 aliphatic carbocycles. The fourth-order valence-electron chi connectivity index (χ4n) is 6.16. The topological polar surface area (TPSA) is 131 Å². The van der Waals surface area contributed by atoms with Crippen LogP contribution in [0.5, 0.6) is 5.75 Å². The summed E-state index contributed by atoms with van der Waals surface area (Å²) in [6.45, 7) is 10.7. The average Bonchev–Trinajstić information content (AvgIpc) is 3.52. The first-order valence-electron chi connectivity index (χ1n) is 16.2. The number of pyridine rings is 1. The van der Waals surface area contributed by atoms with Crippen LogP contribution in [0.4, 0.5) is 25.5 Å². The Kier molecular flexibility index (Phi) is 9.31. The highest BCUT2D eigenvalue weighted by Crippen LogP contribution is 2.42. The summed E-state index contributed by atoms with van der Waals surface area (Å²) in [5.41, 5.74) is 3.13. The number of ether oxygens (including phenoxy) is 2. The molecule has 0 unspecified atom stereocenters. The molecule has 1 saturated heterocycles. The van der Waals surface area contributed by atoms with Gasteiger partial charge in [-0.25, -0.2) is 19.0 Å². The van der Waals surface area contributed by atoms with Gasteiger partial charge in [0.05, 0.1) is 28.8 Å². The van der Waals surface area contributed by atoms with Crippen molar-refractivity contribution < 1.29 is 28.2 Å². The third-order valence-electron chi connectivity index (χ3n) is 8.84. The number of fused-ring (bicyclic) bond motifs is 1. The number of nitrogens with one attached hydrogen (secondary N) is 2. The Morgan fingerprint density at radius 3 is 2.62 bits per heavy atom. The van der Waals surface area contributed by atoms with Crippen LogP contribution in [0.15, 0.2) is 54.9 Å². The molecule has 2 N–H and O–H groups in total. The largest absolute Gasteiger partial charge is 0.487 e. The number of imidazole rings is 1. The van der Waals surface area contributed by atoms with Gasteiger partial charge in [-0.05, 0) is 63.9 Å². The van der Waals surface area contributed by atoms with Crippen molar-refractivity contribution in [3.8, 4) is 17.1 Å². The van der Waals surface area contributed by atoms with E-state index in [2.05, 4.69) is 51.5 Å². The molecule has 262 valence electrons. The number of urea groups is 1. The van der Waals surface area contributed by atoms with Gasteiger partial charge in [-0.1, -0.05) is 29.8 Å². The third kappa shape index (κ3) is 7.15. The van der Waals surface area contributed by atoms with Crippen molar-refractivity contribution in [2.75, 3.05) is 16.8 Å². The number of anilines is 2. The number of nitrogens with zero attached hydrogens (tertiary/aromatic N) is 5. The second kappa shape index (κ2) is 13.4. The van der Waals surface area contributed by atoms with E-state index in [0.717, 1.165) is 16.7 Å². The van der Waals surface area contributed by atoms with E-state index in [-0.39, 0.29) is 36.1 Å². The molecule has 0 spiro atoms. The molecule has 12 nitrogen and oxygen atoms in total. The van der Waals surface area contributed by atoms with Crippen LogP contribution in [-0.2, 0) is 41.8 Å². The fraction of sp³-hybridized carbons (Fsp3) is 0.361. The van der Waals surface area contributed by atoms with Crippen LogP contribution in [0.2, 0.25) is 5.02 Å². The lowest BCUT2D eigenvalue weighted by molar-refractivity contribution is -0.120. The summed E-state index contributed by atoms with van der Waals surface area (Å²) in [5.74, 6) is 0.808. The summed E-state index contributed by atoms with van der Waals surface area (Å²) in [6.07, 6.45) is 2.75. The van der Waals surface area contributed by atoms with E-state index in [4.69, 9.17) is 21.1 Å². The maximum absolute atomic E-state index is 14.4. The van der Waals surface area contributed by atoms with Crippen molar-refractivity contribution in [3.05, 3.63) is 88.1 Å². The number of carbonyl (C=O) groups is 3. The number of benzene rings is 2. The van der Waals surface area contributed by atoms with Crippen LogP contribution in [-0.4, -0.2) is 49.6 Å². The highest BCUT2D eigenvalue weighted by molar-refractivity contribution is 6.31. The Balaban J connectivity index is 1.24. The molecule has 2 aromatic carbocycles. The smallest absolute Gasteiger partial charge is 0.412 e. The number of imide groups is 1. The lowest BCUT2D eigenvalue weighted by Crippen LogP contribution is -2.50. The Hall–Kier alpha value is -5.01. The van der Waals surface area contributed by atoms with Crippen molar-refractivity contribution in [2.45, 2.75) is 71.9 Å². The molecule has 14 heteroatoms. The molecule has 2 aromatic heterocycles. The molecule has 0 saturated carbocycles. The minimum absolute atomic E-state index is 0.127. The van der Waals surface area contributed by atoms with Gasteiger partial charge in [0, 0.05) is 55.8 Å². The molecular weight excluding hydrogens is 665 g/mol. The summed E-state index contributed by atoms with van der Waals surface area (Å²) in [7, 11) is 1.84. The number of hydrogen-bond donors (Lipinski definition) is 2. The van der Waals surface area contributed by atoms with Crippen molar-refractivity contribution in [1.29, 1.82) is 0 Å². The van der Waals surface area contributed by atoms with E-state index < -0.39 is 29.1 Å². The molecule has 2 aliphatic rings. The van der Waals surface area contributed by atoms with E-state index in [1.54, 1.807) is 39.1 Å². The maximum atomic E-state index is 14.4. The Bertz CT molecular complexity index is 1970. The number of rotatable bonds is 8. The van der Waals surface area contributed by atoms with Crippen LogP contribution in [0.3, 0.4) is 0 Å². The number of halogens is 2. The van der Waals surface area contributed by atoms with Crippen LogP contribution in [0.1, 0.15) is 63.4 Å². The molecule has 4 heterocycles. The standard InChI is InChI=1S/C36H39ClFN7O5/c1-35(2,3)50-34(48)41-28-15-23(49-20-24-26(37)8-7-9-27(24)38)16-39-29(28)19-44-18-22-11-10-21(14-25(22)36(44,4)5)32-40-17-31(43(32)6)45-13-12-30(46)42-33(45)47/h7-11,14-17H,12-13,18-20H2,1-6H3,(H,41,48)(H,42,46,47). The van der Waals surface area contributed by atoms with Crippen molar-refractivity contribution in [3.63, 3.8) is 0 Å². The Labute approximate surface area is 294 Å². The predicted octanol–water partition coefficient (Wildman–Crippen LogP) is 6.90. The highest BCUT2D eigenvalue weighted by Gasteiger charge is 2.38. The zero-order valence-electron chi connectivity index (χ0n) is 28.8. The van der Waals surface area contributed by atoms with Crippen LogP contribution in [0.25, 0.3) is 11.4 Å². The van der Waals surface area contributed by atoms with E-state index in [1.165, 1.54) is 23.2 Å². The highest BCUT2D eigenvalue weighted by atomic mass is 35.5. The SMILES string of the molecule is Cn1c(N2CCC(=O)NC2=O)cnc1-c1ccc2c(c1)C(C)(C)N(Cc1ncc(OCc3c(F)cccc3Cl)cc1NC(=O)OC(C)(C)C)C2. The van der Waals surface area contributed by atoms with Gasteiger partial charge in [0.25, 0.3) is 0 Å². The van der Waals surface area contributed by atoms with Gasteiger partial charge in [0.1, 0.15) is 35.4 Å². The lowest BCUT2D eigenvalue weighted by Gasteiger charge is -2.33. The van der Waals surface area contributed by atoms with Gasteiger partial charge in [-0.15, -0.1) is 0 Å². The molecule has 6 rings (SSSR count).